The second-order valence-electron chi connectivity index (χ2n) is 5.89. The zero-order valence-corrected chi connectivity index (χ0v) is 12.3. The van der Waals surface area contributed by atoms with Gasteiger partial charge in [-0.2, -0.15) is 0 Å². The van der Waals surface area contributed by atoms with Crippen LogP contribution < -0.4 is 10.2 Å². The van der Waals surface area contributed by atoms with Crippen LogP contribution in [-0.2, 0) is 0 Å². The predicted molar refractivity (Wildman–Crippen MR) is 82.7 cm³/mol. The zero-order valence-electron chi connectivity index (χ0n) is 12.3. The Kier molecular flexibility index (Phi) is 4.18. The lowest BCUT2D eigenvalue weighted by Gasteiger charge is -2.36. The average Bonchev–Trinajstić information content (AvgIpc) is 3.01. The van der Waals surface area contributed by atoms with Crippen LogP contribution in [-0.4, -0.2) is 48.3 Å². The van der Waals surface area contributed by atoms with Crippen molar-refractivity contribution in [2.75, 3.05) is 31.1 Å². The molecule has 1 aliphatic heterocycles. The number of para-hydroxylation sites is 2. The lowest BCUT2D eigenvalue weighted by molar-refractivity contribution is 0.190. The number of benzene rings is 1. The minimum Gasteiger partial charge on any atom is -0.506 e. The molecule has 2 aliphatic rings. The van der Waals surface area contributed by atoms with Crippen LogP contribution in [0.15, 0.2) is 24.3 Å². The Hall–Kier alpha value is -1.91. The number of nitrogens with one attached hydrogen (secondary N) is 1. The van der Waals surface area contributed by atoms with E-state index < -0.39 is 0 Å². The maximum Gasteiger partial charge on any atom is 0.317 e. The van der Waals surface area contributed by atoms with Crippen LogP contribution in [0, 0.1) is 0 Å². The highest BCUT2D eigenvalue weighted by molar-refractivity contribution is 5.75. The molecule has 0 spiro atoms. The van der Waals surface area contributed by atoms with Gasteiger partial charge in [0, 0.05) is 32.2 Å². The molecular formula is C16H23N3O2. The van der Waals surface area contributed by atoms with Gasteiger partial charge < -0.3 is 20.2 Å². The third-order valence-corrected chi connectivity index (χ3v) is 4.47. The summed E-state index contributed by atoms with van der Waals surface area (Å²) in [6.07, 6.45) is 4.69. The fourth-order valence-corrected chi connectivity index (χ4v) is 3.22. The molecule has 5 nitrogen and oxygen atoms in total. The number of hydrogen-bond acceptors (Lipinski definition) is 3. The fraction of sp³-hybridized carbons (Fsp3) is 0.562. The van der Waals surface area contributed by atoms with Crippen molar-refractivity contribution in [3.05, 3.63) is 24.3 Å². The molecule has 1 saturated heterocycles. The molecule has 2 amide bonds. The molecule has 0 unspecified atom stereocenters. The van der Waals surface area contributed by atoms with Gasteiger partial charge in [0.15, 0.2) is 0 Å². The number of phenols is 1. The van der Waals surface area contributed by atoms with Crippen LogP contribution >= 0.6 is 0 Å². The van der Waals surface area contributed by atoms with Crippen molar-refractivity contribution < 1.29 is 9.90 Å². The van der Waals surface area contributed by atoms with E-state index >= 15 is 0 Å². The molecule has 1 saturated carbocycles. The number of rotatable bonds is 2. The van der Waals surface area contributed by atoms with E-state index in [4.69, 9.17) is 0 Å². The second-order valence-corrected chi connectivity index (χ2v) is 5.89. The summed E-state index contributed by atoms with van der Waals surface area (Å²) in [6, 6.07) is 7.81. The van der Waals surface area contributed by atoms with E-state index in [0.717, 1.165) is 31.6 Å². The molecule has 5 heteroatoms. The SMILES string of the molecule is O=C(NC1CCCC1)N1CCN(c2ccccc2O)CC1. The van der Waals surface area contributed by atoms with Gasteiger partial charge in [0.25, 0.3) is 0 Å². The third kappa shape index (κ3) is 3.23. The molecule has 0 aromatic heterocycles. The van der Waals surface area contributed by atoms with E-state index in [0.29, 0.717) is 24.9 Å². The maximum atomic E-state index is 12.2. The molecule has 114 valence electrons. The van der Waals surface area contributed by atoms with Gasteiger partial charge in [0.2, 0.25) is 0 Å². The highest BCUT2D eigenvalue weighted by Gasteiger charge is 2.25. The number of urea groups is 1. The number of carbonyl (C=O) groups excluding carboxylic acids is 1. The summed E-state index contributed by atoms with van der Waals surface area (Å²) in [6.45, 7) is 2.92. The summed E-state index contributed by atoms with van der Waals surface area (Å²) in [7, 11) is 0. The molecule has 1 aromatic carbocycles. The Labute approximate surface area is 125 Å². The van der Waals surface area contributed by atoms with Gasteiger partial charge >= 0.3 is 6.03 Å². The van der Waals surface area contributed by atoms with Crippen molar-refractivity contribution >= 4 is 11.7 Å². The van der Waals surface area contributed by atoms with Crippen molar-refractivity contribution in [2.45, 2.75) is 31.7 Å². The summed E-state index contributed by atoms with van der Waals surface area (Å²) >= 11 is 0. The first-order valence-electron chi connectivity index (χ1n) is 7.82. The Morgan fingerprint density at radius 2 is 1.76 bits per heavy atom. The number of piperazine rings is 1. The minimum absolute atomic E-state index is 0.0684. The Bertz CT molecular complexity index is 492. The smallest absolute Gasteiger partial charge is 0.317 e. The molecule has 1 aliphatic carbocycles. The average molecular weight is 289 g/mol. The number of phenolic OH excluding ortho intramolecular Hbond substituents is 1. The van der Waals surface area contributed by atoms with Crippen molar-refractivity contribution in [1.82, 2.24) is 10.2 Å². The monoisotopic (exact) mass is 289 g/mol. The van der Waals surface area contributed by atoms with Crippen molar-refractivity contribution in [2.24, 2.45) is 0 Å². The summed E-state index contributed by atoms with van der Waals surface area (Å²) < 4.78 is 0. The van der Waals surface area contributed by atoms with E-state index in [1.54, 1.807) is 6.07 Å². The number of aromatic hydroxyl groups is 1. The van der Waals surface area contributed by atoms with E-state index in [9.17, 15) is 9.90 Å². The normalized spacial score (nSPS) is 19.8. The number of amides is 2. The standard InChI is InChI=1S/C16H23N3O2/c20-15-8-4-3-7-14(15)18-9-11-19(12-10-18)16(21)17-13-5-1-2-6-13/h3-4,7-8,13,20H,1-2,5-6,9-12H2,(H,17,21). The lowest BCUT2D eigenvalue weighted by atomic mass is 10.2. The van der Waals surface area contributed by atoms with E-state index in [-0.39, 0.29) is 6.03 Å². The first-order chi connectivity index (χ1) is 10.2. The lowest BCUT2D eigenvalue weighted by Crippen LogP contribution is -2.53. The number of nitrogens with zero attached hydrogens (tertiary/aromatic N) is 2. The number of anilines is 1. The predicted octanol–water partition coefficient (Wildman–Crippen LogP) is 2.17. The number of hydrogen-bond donors (Lipinski definition) is 2. The summed E-state index contributed by atoms with van der Waals surface area (Å²) in [5.41, 5.74) is 0.855. The van der Waals surface area contributed by atoms with Crippen LogP contribution in [0.2, 0.25) is 0 Å². The highest BCUT2D eigenvalue weighted by atomic mass is 16.3. The van der Waals surface area contributed by atoms with Gasteiger partial charge in [-0.25, -0.2) is 4.79 Å². The summed E-state index contributed by atoms with van der Waals surface area (Å²) in [5.74, 6) is 0.307. The highest BCUT2D eigenvalue weighted by Crippen LogP contribution is 2.27. The van der Waals surface area contributed by atoms with Crippen LogP contribution in [0.5, 0.6) is 5.75 Å². The minimum atomic E-state index is 0.0684. The molecule has 1 heterocycles. The Morgan fingerprint density at radius 1 is 1.10 bits per heavy atom. The fourth-order valence-electron chi connectivity index (χ4n) is 3.22. The molecular weight excluding hydrogens is 266 g/mol. The molecule has 0 bridgehead atoms. The van der Waals surface area contributed by atoms with E-state index in [2.05, 4.69) is 10.2 Å². The van der Waals surface area contributed by atoms with Crippen LogP contribution in [0.1, 0.15) is 25.7 Å². The van der Waals surface area contributed by atoms with Crippen molar-refractivity contribution in [3.63, 3.8) is 0 Å². The summed E-state index contributed by atoms with van der Waals surface area (Å²) in [4.78, 5) is 16.2. The summed E-state index contributed by atoms with van der Waals surface area (Å²) in [5, 5.41) is 13.0. The van der Waals surface area contributed by atoms with Crippen LogP contribution in [0.4, 0.5) is 10.5 Å². The van der Waals surface area contributed by atoms with Gasteiger partial charge in [-0.3, -0.25) is 0 Å². The van der Waals surface area contributed by atoms with Gasteiger partial charge in [0.05, 0.1) is 5.69 Å². The van der Waals surface area contributed by atoms with Crippen LogP contribution in [0.25, 0.3) is 0 Å². The quantitative estimate of drug-likeness (QED) is 0.877. The van der Waals surface area contributed by atoms with Crippen LogP contribution in [0.3, 0.4) is 0 Å². The molecule has 3 rings (SSSR count). The molecule has 21 heavy (non-hydrogen) atoms. The van der Waals surface area contributed by atoms with E-state index in [1.165, 1.54) is 12.8 Å². The van der Waals surface area contributed by atoms with Crippen molar-refractivity contribution in [1.29, 1.82) is 0 Å². The first kappa shape index (κ1) is 14.0. The topological polar surface area (TPSA) is 55.8 Å². The van der Waals surface area contributed by atoms with Gasteiger partial charge in [-0.05, 0) is 25.0 Å². The molecule has 1 aromatic rings. The third-order valence-electron chi connectivity index (χ3n) is 4.47. The van der Waals surface area contributed by atoms with E-state index in [1.807, 2.05) is 23.1 Å². The van der Waals surface area contributed by atoms with Gasteiger partial charge in [0.1, 0.15) is 5.75 Å². The largest absolute Gasteiger partial charge is 0.506 e. The molecule has 2 N–H and O–H groups in total. The Morgan fingerprint density at radius 3 is 2.43 bits per heavy atom. The van der Waals surface area contributed by atoms with Gasteiger partial charge in [-0.1, -0.05) is 25.0 Å². The van der Waals surface area contributed by atoms with Gasteiger partial charge in [-0.15, -0.1) is 0 Å². The molecule has 2 fully saturated rings. The first-order valence-corrected chi connectivity index (χ1v) is 7.82. The number of carbonyl (C=O) groups is 1. The second kappa shape index (κ2) is 6.24. The zero-order chi connectivity index (χ0) is 14.7. The Balaban J connectivity index is 1.52. The molecule has 0 radical (unpaired) electrons. The molecule has 0 atom stereocenters. The van der Waals surface area contributed by atoms with Crippen molar-refractivity contribution in [3.8, 4) is 5.75 Å². The maximum absolute atomic E-state index is 12.2.